The smallest absolute Gasteiger partial charge is 0.00779 e. The van der Waals surface area contributed by atoms with Crippen LogP contribution in [-0.2, 0) is 0 Å². The second-order valence-corrected chi connectivity index (χ2v) is 13.4. The Hall–Kier alpha value is -2.32. The number of nitrogens with one attached hydrogen (secondary N) is 4. The average molecular weight is 629 g/mol. The van der Waals surface area contributed by atoms with Gasteiger partial charge in [0.05, 0.1) is 0 Å². The second-order valence-electron chi connectivity index (χ2n) is 13.4. The highest BCUT2D eigenvalue weighted by molar-refractivity contribution is 5.19. The van der Waals surface area contributed by atoms with Crippen molar-refractivity contribution in [2.24, 2.45) is 23.7 Å². The zero-order valence-electron chi connectivity index (χ0n) is 28.6. The summed E-state index contributed by atoms with van der Waals surface area (Å²) in [5.74, 6) is 2.29. The second kappa shape index (κ2) is 23.9. The topological polar surface area (TPSA) is 54.6 Å². The fourth-order valence-corrected chi connectivity index (χ4v) is 6.58. The van der Waals surface area contributed by atoms with Gasteiger partial charge in [-0.05, 0) is 104 Å². The molecule has 0 aromatic heterocycles. The summed E-state index contributed by atoms with van der Waals surface area (Å²) >= 11 is 0. The van der Waals surface area contributed by atoms with Gasteiger partial charge in [-0.2, -0.15) is 0 Å². The van der Waals surface area contributed by atoms with Crippen LogP contribution in [0.3, 0.4) is 0 Å². The molecule has 0 aliphatic heterocycles. The molecule has 0 radical (unpaired) electrons. The highest BCUT2D eigenvalue weighted by Crippen LogP contribution is 2.10. The Morgan fingerprint density at radius 3 is 0.761 bits per heavy atom. The molecule has 0 spiro atoms. The number of allylic oxidation sites excluding steroid dienone is 8. The molecule has 46 heavy (non-hydrogen) atoms. The summed E-state index contributed by atoms with van der Waals surface area (Å²) in [5.41, 5.74) is 0. The van der Waals surface area contributed by atoms with E-state index < -0.39 is 0 Å². The molecule has 6 heteroatoms. The highest BCUT2D eigenvalue weighted by atomic mass is 15.1. The van der Waals surface area contributed by atoms with Crippen LogP contribution >= 0.6 is 0 Å². The van der Waals surface area contributed by atoms with Gasteiger partial charge in [-0.3, -0.25) is 0 Å². The molecule has 4 N–H and O–H groups in total. The van der Waals surface area contributed by atoms with Crippen molar-refractivity contribution in [3.8, 4) is 0 Å². The van der Waals surface area contributed by atoms with Crippen LogP contribution in [0.5, 0.6) is 0 Å². The van der Waals surface area contributed by atoms with Gasteiger partial charge >= 0.3 is 0 Å². The van der Waals surface area contributed by atoms with Gasteiger partial charge in [-0.25, -0.2) is 0 Å². The predicted molar refractivity (Wildman–Crippen MR) is 199 cm³/mol. The molecule has 4 rings (SSSR count). The van der Waals surface area contributed by atoms with Crippen LogP contribution in [0, 0.1) is 23.7 Å². The summed E-state index contributed by atoms with van der Waals surface area (Å²) in [6, 6.07) is 0. The van der Waals surface area contributed by atoms with Gasteiger partial charge in [0.2, 0.25) is 0 Å². The number of hydrogen-bond acceptors (Lipinski definition) is 6. The van der Waals surface area contributed by atoms with Crippen LogP contribution in [0.15, 0.2) is 97.2 Å². The molecule has 0 fully saturated rings. The third kappa shape index (κ3) is 16.5. The molecule has 0 bridgehead atoms. The maximum absolute atomic E-state index is 3.68. The van der Waals surface area contributed by atoms with Gasteiger partial charge in [0.15, 0.2) is 0 Å². The lowest BCUT2D eigenvalue weighted by Gasteiger charge is -2.25. The zero-order valence-corrected chi connectivity index (χ0v) is 28.6. The van der Waals surface area contributed by atoms with Gasteiger partial charge in [-0.1, -0.05) is 97.2 Å². The molecule has 6 nitrogen and oxygen atoms in total. The molecular formula is C40H64N6. The fourth-order valence-electron chi connectivity index (χ4n) is 6.58. The van der Waals surface area contributed by atoms with E-state index in [2.05, 4.69) is 128 Å². The highest BCUT2D eigenvalue weighted by Gasteiger charge is 2.10. The first-order chi connectivity index (χ1) is 22.8. The molecule has 4 aliphatic carbocycles. The number of unbranched alkanes of at least 4 members (excludes halogenated alkanes) is 1. The fraction of sp³-hybridized carbons (Fsp3) is 0.600. The van der Waals surface area contributed by atoms with Gasteiger partial charge in [0.25, 0.3) is 0 Å². The maximum atomic E-state index is 3.68. The normalized spacial score (nSPS) is 17.7. The van der Waals surface area contributed by atoms with Crippen molar-refractivity contribution in [2.45, 2.75) is 38.5 Å². The molecule has 0 atom stereocenters. The minimum absolute atomic E-state index is 0.574. The van der Waals surface area contributed by atoms with E-state index in [1.807, 2.05) is 0 Å². The Kier molecular flexibility index (Phi) is 19.0. The standard InChI is InChI=1S/C40H64N6/c1-2-16-37(15-1)33-41-23-11-29-45(30-12-24-42-34-38-17-3-4-18-38)27-9-10-28-46(31-13-25-43-35-39-19-5-6-20-39)32-14-26-44-36-40-21-7-8-22-40/h1-8,15-22,37-44H,9-14,23-36H2. The Balaban J connectivity index is 1.12. The van der Waals surface area contributed by atoms with Gasteiger partial charge in [0.1, 0.15) is 0 Å². The lowest BCUT2D eigenvalue weighted by molar-refractivity contribution is 0.233. The minimum Gasteiger partial charge on any atom is -0.316 e. The van der Waals surface area contributed by atoms with E-state index in [1.165, 1.54) is 77.8 Å². The van der Waals surface area contributed by atoms with Gasteiger partial charge in [0, 0.05) is 49.9 Å². The Morgan fingerprint density at radius 1 is 0.304 bits per heavy atom. The van der Waals surface area contributed by atoms with E-state index in [0.29, 0.717) is 23.7 Å². The van der Waals surface area contributed by atoms with Crippen molar-refractivity contribution < 1.29 is 0 Å². The number of hydrogen-bond donors (Lipinski definition) is 4. The molecule has 0 amide bonds. The average Bonchev–Trinajstić information content (AvgIpc) is 3.91. The lowest BCUT2D eigenvalue weighted by atomic mass is 10.1. The van der Waals surface area contributed by atoms with Crippen LogP contribution in [0.1, 0.15) is 38.5 Å². The third-order valence-electron chi connectivity index (χ3n) is 9.34. The Bertz CT molecular complexity index is 830. The van der Waals surface area contributed by atoms with Gasteiger partial charge in [-0.15, -0.1) is 0 Å². The van der Waals surface area contributed by atoms with Crippen molar-refractivity contribution >= 4 is 0 Å². The Labute approximate surface area is 281 Å². The number of rotatable bonds is 29. The first-order valence-corrected chi connectivity index (χ1v) is 18.5. The SMILES string of the molecule is C1=CC(CNCCCN(CCCCN(CCCNCC2C=CC=C2)CCCNCC2C=CC=C2)CCCNCC2C=CC=C2)C=C1. The molecule has 0 heterocycles. The van der Waals surface area contributed by atoms with E-state index in [1.54, 1.807) is 0 Å². The van der Waals surface area contributed by atoms with Crippen molar-refractivity contribution in [1.82, 2.24) is 31.1 Å². The largest absolute Gasteiger partial charge is 0.316 e. The first-order valence-electron chi connectivity index (χ1n) is 18.5. The van der Waals surface area contributed by atoms with E-state index in [4.69, 9.17) is 0 Å². The molecule has 0 aromatic rings. The van der Waals surface area contributed by atoms with Crippen molar-refractivity contribution in [1.29, 1.82) is 0 Å². The van der Waals surface area contributed by atoms with Crippen molar-refractivity contribution in [2.75, 3.05) is 91.6 Å². The zero-order chi connectivity index (χ0) is 31.7. The first kappa shape index (κ1) is 36.5. The quantitative estimate of drug-likeness (QED) is 0.0849. The van der Waals surface area contributed by atoms with Gasteiger partial charge < -0.3 is 31.1 Å². The monoisotopic (exact) mass is 629 g/mol. The molecule has 0 saturated heterocycles. The molecule has 254 valence electrons. The summed E-state index contributed by atoms with van der Waals surface area (Å²) in [7, 11) is 0. The van der Waals surface area contributed by atoms with Crippen LogP contribution < -0.4 is 21.3 Å². The molecule has 0 saturated carbocycles. The molecular weight excluding hydrogens is 564 g/mol. The Morgan fingerprint density at radius 2 is 0.522 bits per heavy atom. The molecule has 0 aromatic carbocycles. The van der Waals surface area contributed by atoms with Crippen molar-refractivity contribution in [3.63, 3.8) is 0 Å². The minimum atomic E-state index is 0.574. The maximum Gasteiger partial charge on any atom is 0.00779 e. The van der Waals surface area contributed by atoms with E-state index >= 15 is 0 Å². The van der Waals surface area contributed by atoms with E-state index in [9.17, 15) is 0 Å². The third-order valence-corrected chi connectivity index (χ3v) is 9.34. The summed E-state index contributed by atoms with van der Waals surface area (Å²) in [5, 5.41) is 14.7. The van der Waals surface area contributed by atoms with E-state index in [0.717, 1.165) is 52.4 Å². The lowest BCUT2D eigenvalue weighted by Crippen LogP contribution is -2.34. The summed E-state index contributed by atoms with van der Waals surface area (Å²) in [6.45, 7) is 15.8. The molecule has 0 unspecified atom stereocenters. The van der Waals surface area contributed by atoms with E-state index in [-0.39, 0.29) is 0 Å². The summed E-state index contributed by atoms with van der Waals surface area (Å²) in [4.78, 5) is 5.45. The number of nitrogens with zero attached hydrogens (tertiary/aromatic N) is 2. The van der Waals surface area contributed by atoms with Crippen LogP contribution in [-0.4, -0.2) is 101 Å². The van der Waals surface area contributed by atoms with Crippen molar-refractivity contribution in [3.05, 3.63) is 97.2 Å². The predicted octanol–water partition coefficient (Wildman–Crippen LogP) is 5.26. The van der Waals surface area contributed by atoms with Crippen LogP contribution in [0.4, 0.5) is 0 Å². The van der Waals surface area contributed by atoms with Crippen LogP contribution in [0.25, 0.3) is 0 Å². The van der Waals surface area contributed by atoms with Crippen LogP contribution in [0.2, 0.25) is 0 Å². The molecule has 4 aliphatic rings. The summed E-state index contributed by atoms with van der Waals surface area (Å²) in [6.07, 6.45) is 43.0. The summed E-state index contributed by atoms with van der Waals surface area (Å²) < 4.78 is 0.